The van der Waals surface area contributed by atoms with Crippen LogP contribution in [-0.4, -0.2) is 38.3 Å². The van der Waals surface area contributed by atoms with Gasteiger partial charge in [0.15, 0.2) is 5.82 Å². The average Bonchev–Trinajstić information content (AvgIpc) is 3.26. The molecule has 0 unspecified atom stereocenters. The molecule has 6 nitrogen and oxygen atoms in total. The highest BCUT2D eigenvalue weighted by atomic mass is 16.7. The number of benzene rings is 1. The van der Waals surface area contributed by atoms with Gasteiger partial charge in [0.25, 0.3) is 0 Å². The maximum absolute atomic E-state index is 6.28. The van der Waals surface area contributed by atoms with Gasteiger partial charge in [-0.05, 0) is 158 Å². The van der Waals surface area contributed by atoms with Crippen molar-refractivity contribution in [1.29, 1.82) is 0 Å². The Bertz CT molecular complexity index is 1570. The lowest BCUT2D eigenvalue weighted by atomic mass is 9.49. The topological polar surface area (TPSA) is 70.0 Å². The molecule has 1 saturated heterocycles. The Balaban J connectivity index is 0.987. The van der Waals surface area contributed by atoms with Crippen LogP contribution < -0.4 is 5.46 Å². The van der Waals surface area contributed by atoms with Gasteiger partial charge in [-0.25, -0.2) is 15.0 Å². The maximum Gasteiger partial charge on any atom is 0.494 e. The summed E-state index contributed by atoms with van der Waals surface area (Å²) < 4.78 is 12.6. The highest BCUT2D eigenvalue weighted by Crippen LogP contribution is 2.62. The van der Waals surface area contributed by atoms with E-state index in [1.165, 1.54) is 77.0 Å². The predicted octanol–water partition coefficient (Wildman–Crippen LogP) is 7.84. The summed E-state index contributed by atoms with van der Waals surface area (Å²) in [7, 11) is -0.362. The van der Waals surface area contributed by atoms with Crippen LogP contribution in [0, 0.1) is 35.5 Å². The van der Waals surface area contributed by atoms with Gasteiger partial charge >= 0.3 is 7.12 Å². The molecule has 0 N–H and O–H groups in total. The Morgan fingerprint density at radius 2 is 0.979 bits per heavy atom. The normalized spacial score (nSPS) is 38.8. The number of nitrogens with zero attached hydrogens (tertiary/aromatic N) is 4. The minimum absolute atomic E-state index is 0.149. The Morgan fingerprint density at radius 1 is 0.553 bits per heavy atom. The predicted molar refractivity (Wildman–Crippen MR) is 184 cm³/mol. The van der Waals surface area contributed by atoms with Crippen molar-refractivity contribution in [3.8, 4) is 22.6 Å². The van der Waals surface area contributed by atoms with Crippen molar-refractivity contribution in [2.24, 2.45) is 35.5 Å². The summed E-state index contributed by atoms with van der Waals surface area (Å²) in [5, 5.41) is 0. The molecule has 0 radical (unpaired) electrons. The van der Waals surface area contributed by atoms with E-state index >= 15 is 0 Å². The molecular formula is C40H49BN4O2. The van der Waals surface area contributed by atoms with Crippen molar-refractivity contribution >= 4 is 12.6 Å². The zero-order valence-corrected chi connectivity index (χ0v) is 28.7. The van der Waals surface area contributed by atoms with E-state index in [2.05, 4.69) is 64.1 Å². The quantitative estimate of drug-likeness (QED) is 0.268. The van der Waals surface area contributed by atoms with Crippen LogP contribution in [0.3, 0.4) is 0 Å². The fraction of sp³-hybridized carbons (Fsp3) is 0.650. The first-order chi connectivity index (χ1) is 22.5. The van der Waals surface area contributed by atoms with Crippen LogP contribution in [0.15, 0.2) is 42.6 Å². The lowest BCUT2D eigenvalue weighted by Gasteiger charge is -2.57. The van der Waals surface area contributed by atoms with Crippen LogP contribution in [0.25, 0.3) is 22.6 Å². The van der Waals surface area contributed by atoms with Gasteiger partial charge in [0.05, 0.1) is 16.9 Å². The van der Waals surface area contributed by atoms with Crippen molar-refractivity contribution in [1.82, 2.24) is 19.9 Å². The lowest BCUT2D eigenvalue weighted by molar-refractivity contribution is -0.0155. The summed E-state index contributed by atoms with van der Waals surface area (Å²) in [6, 6.07) is 12.8. The third kappa shape index (κ3) is 4.65. The Labute approximate surface area is 280 Å². The first kappa shape index (κ1) is 29.3. The molecule has 0 atom stereocenters. The maximum atomic E-state index is 6.28. The average molecular weight is 629 g/mol. The van der Waals surface area contributed by atoms with E-state index < -0.39 is 0 Å². The summed E-state index contributed by atoms with van der Waals surface area (Å²) in [5.74, 6) is 8.30. The first-order valence-corrected chi connectivity index (χ1v) is 18.7. The van der Waals surface area contributed by atoms with Crippen LogP contribution in [-0.2, 0) is 20.1 Å². The fourth-order valence-electron chi connectivity index (χ4n) is 12.2. The third-order valence-corrected chi connectivity index (χ3v) is 14.4. The van der Waals surface area contributed by atoms with E-state index in [1.54, 1.807) is 0 Å². The SMILES string of the molecule is CC1(C)OB(c2ccc(-c3ccc(-c4nc(C56CC7CC(CC(C7)C5)C6)nc(C56CC7CC(CC(C7)C5)C6)n4)cn3)cc2)OC1(C)C. The Kier molecular flexibility index (Phi) is 6.21. The van der Waals surface area contributed by atoms with Crippen LogP contribution in [0.2, 0.25) is 0 Å². The molecule has 244 valence electrons. The molecule has 3 aromatic rings. The largest absolute Gasteiger partial charge is 0.494 e. The Morgan fingerprint density at radius 3 is 1.38 bits per heavy atom. The van der Waals surface area contributed by atoms with Crippen LogP contribution >= 0.6 is 0 Å². The molecule has 8 bridgehead atoms. The van der Waals surface area contributed by atoms with Crippen molar-refractivity contribution in [3.63, 3.8) is 0 Å². The van der Waals surface area contributed by atoms with Crippen molar-refractivity contribution in [2.45, 2.75) is 127 Å². The monoisotopic (exact) mass is 628 g/mol. The van der Waals surface area contributed by atoms with E-state index in [4.69, 9.17) is 29.2 Å². The van der Waals surface area contributed by atoms with Gasteiger partial charge in [-0.15, -0.1) is 0 Å². The van der Waals surface area contributed by atoms with E-state index in [1.807, 2.05) is 6.20 Å². The molecule has 9 fully saturated rings. The zero-order valence-electron chi connectivity index (χ0n) is 28.7. The Hall–Kier alpha value is -2.64. The van der Waals surface area contributed by atoms with Crippen LogP contribution in [0.1, 0.15) is 116 Å². The number of aromatic nitrogens is 4. The smallest absolute Gasteiger partial charge is 0.399 e. The second-order valence-electron chi connectivity index (χ2n) is 18.3. The summed E-state index contributed by atoms with van der Waals surface area (Å²) in [6.45, 7) is 8.38. The molecule has 2 aromatic heterocycles. The van der Waals surface area contributed by atoms with E-state index in [-0.39, 0.29) is 29.2 Å². The van der Waals surface area contributed by atoms with Gasteiger partial charge in [0, 0.05) is 28.2 Å². The van der Waals surface area contributed by atoms with Crippen LogP contribution in [0.5, 0.6) is 0 Å². The highest BCUT2D eigenvalue weighted by molar-refractivity contribution is 6.62. The molecule has 8 aliphatic carbocycles. The molecule has 7 heteroatoms. The van der Waals surface area contributed by atoms with Crippen LogP contribution in [0.4, 0.5) is 0 Å². The van der Waals surface area contributed by atoms with Crippen molar-refractivity contribution in [3.05, 3.63) is 54.2 Å². The summed E-state index contributed by atoms with van der Waals surface area (Å²) >= 11 is 0. The molecule has 0 amide bonds. The summed E-state index contributed by atoms with van der Waals surface area (Å²) in [6.07, 6.45) is 18.3. The number of rotatable bonds is 5. The summed E-state index contributed by atoms with van der Waals surface area (Å²) in [5.41, 5.74) is 3.67. The second kappa shape index (κ2) is 9.97. The first-order valence-electron chi connectivity index (χ1n) is 18.7. The van der Waals surface area contributed by atoms with Crippen molar-refractivity contribution in [2.75, 3.05) is 0 Å². The number of hydrogen-bond acceptors (Lipinski definition) is 6. The zero-order chi connectivity index (χ0) is 31.8. The third-order valence-electron chi connectivity index (χ3n) is 14.4. The molecule has 1 aliphatic heterocycles. The number of pyridine rings is 1. The highest BCUT2D eigenvalue weighted by Gasteiger charge is 2.56. The van der Waals surface area contributed by atoms with Gasteiger partial charge < -0.3 is 9.31 Å². The molecule has 0 spiro atoms. The van der Waals surface area contributed by atoms with E-state index in [0.717, 1.165) is 75.3 Å². The molecule has 12 rings (SSSR count). The molecular weight excluding hydrogens is 579 g/mol. The van der Waals surface area contributed by atoms with Gasteiger partial charge in [-0.3, -0.25) is 4.98 Å². The fourth-order valence-corrected chi connectivity index (χ4v) is 12.2. The minimum atomic E-state index is -0.362. The molecule has 1 aromatic carbocycles. The molecule has 9 aliphatic rings. The van der Waals surface area contributed by atoms with Gasteiger partial charge in [-0.1, -0.05) is 24.3 Å². The second-order valence-corrected chi connectivity index (χ2v) is 18.3. The van der Waals surface area contributed by atoms with Crippen molar-refractivity contribution < 1.29 is 9.31 Å². The lowest BCUT2D eigenvalue weighted by Crippen LogP contribution is -2.51. The molecule has 47 heavy (non-hydrogen) atoms. The standard InChI is InChI=1S/C40H49BN4O2/c1-37(2)38(3,4)47-41(46-37)32-8-5-30(6-9-32)33-10-7-31(23-42-33)34-43-35(39-17-24-11-25(18-39)13-26(12-24)19-39)45-36(44-34)40-20-27-14-28(21-40)16-29(15-27)22-40/h5-10,23-29H,11-22H2,1-4H3. The number of hydrogen-bond donors (Lipinski definition) is 0. The molecule has 3 heterocycles. The van der Waals surface area contributed by atoms with Gasteiger partial charge in [0.2, 0.25) is 0 Å². The summed E-state index contributed by atoms with van der Waals surface area (Å²) in [4.78, 5) is 21.4. The molecule has 8 saturated carbocycles. The van der Waals surface area contributed by atoms with E-state index in [9.17, 15) is 0 Å². The van der Waals surface area contributed by atoms with Gasteiger partial charge in [-0.2, -0.15) is 0 Å². The van der Waals surface area contributed by atoms with Gasteiger partial charge in [0.1, 0.15) is 11.6 Å². The minimum Gasteiger partial charge on any atom is -0.399 e. The van der Waals surface area contributed by atoms with E-state index in [0.29, 0.717) is 0 Å².